The number of halogens is 1. The highest BCUT2D eigenvalue weighted by atomic mass is 19.1. The van der Waals surface area contributed by atoms with E-state index in [1.54, 1.807) is 12.1 Å². The van der Waals surface area contributed by atoms with Crippen LogP contribution in [0.2, 0.25) is 0 Å². The second-order valence-electron chi connectivity index (χ2n) is 3.82. The molecular formula is C15H15FO2. The van der Waals surface area contributed by atoms with Crippen molar-refractivity contribution in [3.63, 3.8) is 0 Å². The van der Waals surface area contributed by atoms with Crippen LogP contribution in [0.15, 0.2) is 48.5 Å². The standard InChI is InChI=1S/C15H15FO2/c1-2-17-14-7-9-15(10-8-14)18-11-12-3-5-13(16)6-4-12/h3-10H,2,11H2,1H3. The molecule has 0 aliphatic heterocycles. The zero-order valence-electron chi connectivity index (χ0n) is 10.2. The fourth-order valence-electron chi connectivity index (χ4n) is 1.55. The van der Waals surface area contributed by atoms with E-state index < -0.39 is 0 Å². The van der Waals surface area contributed by atoms with Crippen molar-refractivity contribution in [2.24, 2.45) is 0 Å². The Bertz CT molecular complexity index is 477. The maximum absolute atomic E-state index is 12.7. The lowest BCUT2D eigenvalue weighted by atomic mass is 10.2. The molecule has 0 aliphatic carbocycles. The van der Waals surface area contributed by atoms with Crippen molar-refractivity contribution in [2.75, 3.05) is 6.61 Å². The van der Waals surface area contributed by atoms with Gasteiger partial charge in [0.2, 0.25) is 0 Å². The van der Waals surface area contributed by atoms with E-state index in [1.807, 2.05) is 31.2 Å². The molecule has 0 heterocycles. The quantitative estimate of drug-likeness (QED) is 0.798. The molecule has 0 saturated carbocycles. The topological polar surface area (TPSA) is 18.5 Å². The molecule has 0 aliphatic rings. The van der Waals surface area contributed by atoms with E-state index in [2.05, 4.69) is 0 Å². The summed E-state index contributed by atoms with van der Waals surface area (Å²) in [6.45, 7) is 3.02. The van der Waals surface area contributed by atoms with Gasteiger partial charge in [-0.1, -0.05) is 12.1 Å². The van der Waals surface area contributed by atoms with Gasteiger partial charge >= 0.3 is 0 Å². The van der Waals surface area contributed by atoms with Crippen molar-refractivity contribution in [2.45, 2.75) is 13.5 Å². The molecular weight excluding hydrogens is 231 g/mol. The van der Waals surface area contributed by atoms with Crippen LogP contribution in [-0.4, -0.2) is 6.61 Å². The lowest BCUT2D eigenvalue weighted by molar-refractivity contribution is 0.304. The first-order valence-electron chi connectivity index (χ1n) is 5.88. The van der Waals surface area contributed by atoms with Crippen LogP contribution in [0, 0.1) is 5.82 Å². The summed E-state index contributed by atoms with van der Waals surface area (Å²) in [4.78, 5) is 0. The summed E-state index contributed by atoms with van der Waals surface area (Å²) in [6, 6.07) is 13.7. The van der Waals surface area contributed by atoms with Crippen molar-refractivity contribution < 1.29 is 13.9 Å². The minimum atomic E-state index is -0.236. The second-order valence-corrected chi connectivity index (χ2v) is 3.82. The molecule has 2 rings (SSSR count). The number of hydrogen-bond acceptors (Lipinski definition) is 2. The van der Waals surface area contributed by atoms with E-state index in [4.69, 9.17) is 9.47 Å². The van der Waals surface area contributed by atoms with Crippen LogP contribution in [0.1, 0.15) is 12.5 Å². The fraction of sp³-hybridized carbons (Fsp3) is 0.200. The minimum absolute atomic E-state index is 0.236. The smallest absolute Gasteiger partial charge is 0.123 e. The van der Waals surface area contributed by atoms with Gasteiger partial charge in [0.1, 0.15) is 23.9 Å². The highest BCUT2D eigenvalue weighted by molar-refractivity contribution is 5.31. The normalized spacial score (nSPS) is 10.1. The van der Waals surface area contributed by atoms with Crippen LogP contribution in [-0.2, 0) is 6.61 Å². The molecule has 2 aromatic carbocycles. The summed E-state index contributed by atoms with van der Waals surface area (Å²) in [5, 5.41) is 0. The monoisotopic (exact) mass is 246 g/mol. The fourth-order valence-corrected chi connectivity index (χ4v) is 1.55. The maximum atomic E-state index is 12.7. The zero-order chi connectivity index (χ0) is 12.8. The average molecular weight is 246 g/mol. The van der Waals surface area contributed by atoms with Gasteiger partial charge in [-0.15, -0.1) is 0 Å². The van der Waals surface area contributed by atoms with E-state index in [-0.39, 0.29) is 5.82 Å². The van der Waals surface area contributed by atoms with Gasteiger partial charge in [0, 0.05) is 0 Å². The summed E-state index contributed by atoms with van der Waals surface area (Å²) >= 11 is 0. The SMILES string of the molecule is CCOc1ccc(OCc2ccc(F)cc2)cc1. The minimum Gasteiger partial charge on any atom is -0.494 e. The third-order valence-corrected chi connectivity index (χ3v) is 2.45. The van der Waals surface area contributed by atoms with Crippen LogP contribution >= 0.6 is 0 Å². The number of benzene rings is 2. The summed E-state index contributed by atoms with van der Waals surface area (Å²) in [5.74, 6) is 1.36. The van der Waals surface area contributed by atoms with E-state index in [0.29, 0.717) is 13.2 Å². The molecule has 0 saturated heterocycles. The number of hydrogen-bond donors (Lipinski definition) is 0. The molecule has 0 aromatic heterocycles. The third kappa shape index (κ3) is 3.48. The Labute approximate surface area is 106 Å². The Morgan fingerprint density at radius 1 is 0.833 bits per heavy atom. The van der Waals surface area contributed by atoms with E-state index >= 15 is 0 Å². The molecule has 0 fully saturated rings. The summed E-state index contributed by atoms with van der Waals surface area (Å²) in [7, 11) is 0. The Hall–Kier alpha value is -2.03. The molecule has 94 valence electrons. The van der Waals surface area contributed by atoms with Gasteiger partial charge in [0.25, 0.3) is 0 Å². The van der Waals surface area contributed by atoms with Gasteiger partial charge in [-0.25, -0.2) is 4.39 Å². The van der Waals surface area contributed by atoms with E-state index in [0.717, 1.165) is 17.1 Å². The van der Waals surface area contributed by atoms with Gasteiger partial charge in [0.15, 0.2) is 0 Å². The molecule has 0 spiro atoms. The molecule has 2 aromatic rings. The molecule has 3 heteroatoms. The molecule has 0 atom stereocenters. The summed E-state index contributed by atoms with van der Waals surface area (Å²) in [5.41, 5.74) is 0.935. The van der Waals surface area contributed by atoms with Crippen molar-refractivity contribution in [1.82, 2.24) is 0 Å². The second kappa shape index (κ2) is 6.05. The van der Waals surface area contributed by atoms with Crippen molar-refractivity contribution in [3.05, 3.63) is 59.9 Å². The Morgan fingerprint density at radius 2 is 1.39 bits per heavy atom. The Morgan fingerprint density at radius 3 is 1.94 bits per heavy atom. The van der Waals surface area contributed by atoms with Crippen molar-refractivity contribution >= 4 is 0 Å². The highest BCUT2D eigenvalue weighted by Gasteiger charge is 1.98. The lowest BCUT2D eigenvalue weighted by Gasteiger charge is -2.07. The predicted octanol–water partition coefficient (Wildman–Crippen LogP) is 3.80. The van der Waals surface area contributed by atoms with E-state index in [1.165, 1.54) is 12.1 Å². The van der Waals surface area contributed by atoms with Gasteiger partial charge in [0.05, 0.1) is 6.61 Å². The van der Waals surface area contributed by atoms with Gasteiger partial charge in [-0.05, 0) is 48.9 Å². The van der Waals surface area contributed by atoms with Crippen LogP contribution in [0.3, 0.4) is 0 Å². The first kappa shape index (κ1) is 12.4. The third-order valence-electron chi connectivity index (χ3n) is 2.45. The van der Waals surface area contributed by atoms with Gasteiger partial charge in [-0.2, -0.15) is 0 Å². The molecule has 18 heavy (non-hydrogen) atoms. The summed E-state index contributed by atoms with van der Waals surface area (Å²) < 4.78 is 23.6. The molecule has 2 nitrogen and oxygen atoms in total. The predicted molar refractivity (Wildman–Crippen MR) is 68.3 cm³/mol. The Balaban J connectivity index is 1.91. The molecule has 0 bridgehead atoms. The van der Waals surface area contributed by atoms with Gasteiger partial charge in [-0.3, -0.25) is 0 Å². The first-order valence-corrected chi connectivity index (χ1v) is 5.88. The van der Waals surface area contributed by atoms with Crippen LogP contribution in [0.4, 0.5) is 4.39 Å². The molecule has 0 N–H and O–H groups in total. The largest absolute Gasteiger partial charge is 0.494 e. The summed E-state index contributed by atoms with van der Waals surface area (Å²) in [6.07, 6.45) is 0. The van der Waals surface area contributed by atoms with Gasteiger partial charge < -0.3 is 9.47 Å². The first-order chi connectivity index (χ1) is 8.78. The average Bonchev–Trinajstić information content (AvgIpc) is 2.40. The van der Waals surface area contributed by atoms with Crippen LogP contribution in [0.5, 0.6) is 11.5 Å². The molecule has 0 unspecified atom stereocenters. The zero-order valence-corrected chi connectivity index (χ0v) is 10.2. The number of rotatable bonds is 5. The Kier molecular flexibility index (Phi) is 4.18. The highest BCUT2D eigenvalue weighted by Crippen LogP contribution is 2.18. The van der Waals surface area contributed by atoms with Crippen molar-refractivity contribution in [1.29, 1.82) is 0 Å². The van der Waals surface area contributed by atoms with Crippen LogP contribution < -0.4 is 9.47 Å². The van der Waals surface area contributed by atoms with Crippen molar-refractivity contribution in [3.8, 4) is 11.5 Å². The molecule has 0 amide bonds. The number of ether oxygens (including phenoxy) is 2. The molecule has 0 radical (unpaired) electrons. The van der Waals surface area contributed by atoms with Crippen LogP contribution in [0.25, 0.3) is 0 Å². The maximum Gasteiger partial charge on any atom is 0.123 e. The lowest BCUT2D eigenvalue weighted by Crippen LogP contribution is -1.96. The van der Waals surface area contributed by atoms with E-state index in [9.17, 15) is 4.39 Å².